The quantitative estimate of drug-likeness (QED) is 0.392. The van der Waals surface area contributed by atoms with Gasteiger partial charge in [-0.15, -0.1) is 0 Å². The van der Waals surface area contributed by atoms with Crippen LogP contribution in [0.4, 0.5) is 5.69 Å². The molecule has 5 aromatic rings. The minimum atomic E-state index is -4.37. The van der Waals surface area contributed by atoms with Crippen LogP contribution < -0.4 is 9.24 Å². The van der Waals surface area contributed by atoms with Crippen LogP contribution in [0.1, 0.15) is 10.4 Å². The molecule has 2 aromatic heterocycles. The minimum absolute atomic E-state index is 0.0938. The molecule has 9 heteroatoms. The Bertz CT molecular complexity index is 1630. The molecular formula is C23H14N2O5S2. The molecule has 3 aromatic carbocycles. The molecule has 0 saturated heterocycles. The lowest BCUT2D eigenvalue weighted by atomic mass is 10.2. The third-order valence-electron chi connectivity index (χ3n) is 4.87. The zero-order valence-electron chi connectivity index (χ0n) is 16.3. The molecule has 0 atom stereocenters. The van der Waals surface area contributed by atoms with Gasteiger partial charge in [-0.25, -0.2) is 13.2 Å². The van der Waals surface area contributed by atoms with Gasteiger partial charge < -0.3 is 4.42 Å². The largest absolute Gasteiger partial charge is 0.414 e. The van der Waals surface area contributed by atoms with Crippen LogP contribution in [-0.2, 0) is 10.0 Å². The van der Waals surface area contributed by atoms with E-state index in [-0.39, 0.29) is 21.7 Å². The van der Waals surface area contributed by atoms with Crippen molar-refractivity contribution in [3.63, 3.8) is 0 Å². The van der Waals surface area contributed by atoms with E-state index >= 15 is 0 Å². The van der Waals surface area contributed by atoms with Crippen LogP contribution in [-0.4, -0.2) is 19.3 Å². The zero-order valence-corrected chi connectivity index (χ0v) is 18.0. The summed E-state index contributed by atoms with van der Waals surface area (Å²) in [6, 6.07) is 20.7. The molecule has 0 N–H and O–H groups in total. The van der Waals surface area contributed by atoms with E-state index in [2.05, 4.69) is 4.98 Å². The highest BCUT2D eigenvalue weighted by Gasteiger charge is 2.33. The first kappa shape index (κ1) is 20.1. The molecule has 32 heavy (non-hydrogen) atoms. The van der Waals surface area contributed by atoms with Crippen molar-refractivity contribution < 1.29 is 17.6 Å². The van der Waals surface area contributed by atoms with E-state index in [1.165, 1.54) is 30.5 Å². The average molecular weight is 463 g/mol. The van der Waals surface area contributed by atoms with Gasteiger partial charge in [-0.05, 0) is 42.5 Å². The fourth-order valence-corrected chi connectivity index (χ4v) is 5.71. The van der Waals surface area contributed by atoms with Gasteiger partial charge in [0.25, 0.3) is 15.9 Å². The van der Waals surface area contributed by atoms with Crippen molar-refractivity contribution in [3.05, 3.63) is 100 Å². The summed E-state index contributed by atoms with van der Waals surface area (Å²) in [5.74, 6) is -0.728. The van der Waals surface area contributed by atoms with E-state index in [1.54, 1.807) is 54.6 Å². The van der Waals surface area contributed by atoms with Crippen LogP contribution in [0.25, 0.3) is 21.2 Å². The molecule has 0 spiro atoms. The average Bonchev–Trinajstić information content (AvgIpc) is 3.18. The van der Waals surface area contributed by atoms with E-state index in [0.29, 0.717) is 15.7 Å². The predicted octanol–water partition coefficient (Wildman–Crippen LogP) is 4.44. The summed E-state index contributed by atoms with van der Waals surface area (Å²) in [7, 11) is -4.37. The summed E-state index contributed by atoms with van der Waals surface area (Å²) in [4.78, 5) is 28.7. The lowest BCUT2D eigenvalue weighted by Gasteiger charge is -2.23. The van der Waals surface area contributed by atoms with Crippen molar-refractivity contribution in [3.8, 4) is 0 Å². The fourth-order valence-electron chi connectivity index (χ4n) is 3.43. The fraction of sp³-hybridized carbons (Fsp3) is 0. The van der Waals surface area contributed by atoms with Gasteiger partial charge in [-0.3, -0.25) is 9.78 Å². The SMILES string of the molecule is O=C(c1ccccc1)N(c1ccc2oc(=O)sc2c1)S(=O)(=O)c1cccc2cccnc12. The molecule has 1 amide bonds. The topological polar surface area (TPSA) is 97.5 Å². The number of hydrogen-bond donors (Lipinski definition) is 0. The summed E-state index contributed by atoms with van der Waals surface area (Å²) in [6.07, 6.45) is 1.50. The van der Waals surface area contributed by atoms with Crippen LogP contribution in [0.5, 0.6) is 0 Å². The Balaban J connectivity index is 1.76. The molecule has 0 aliphatic carbocycles. The number of pyridine rings is 1. The predicted molar refractivity (Wildman–Crippen MR) is 123 cm³/mol. The van der Waals surface area contributed by atoms with Gasteiger partial charge >= 0.3 is 4.94 Å². The molecule has 0 bridgehead atoms. The number of amides is 1. The first-order chi connectivity index (χ1) is 15.4. The number of nitrogens with zero attached hydrogens (tertiary/aromatic N) is 2. The molecule has 7 nitrogen and oxygen atoms in total. The van der Waals surface area contributed by atoms with E-state index in [9.17, 15) is 18.0 Å². The summed E-state index contributed by atoms with van der Waals surface area (Å²) in [6.45, 7) is 0. The van der Waals surface area contributed by atoms with Gasteiger partial charge in [-0.2, -0.15) is 4.31 Å². The third-order valence-corrected chi connectivity index (χ3v) is 7.40. The Labute approximate surface area is 186 Å². The van der Waals surface area contributed by atoms with Gasteiger partial charge in [-0.1, -0.05) is 47.7 Å². The standard InChI is InChI=1S/C23H14N2O5S2/c26-22(16-6-2-1-3-7-16)25(17-11-12-18-19(14-17)31-23(27)30-18)32(28,29)20-10-4-8-15-9-5-13-24-21(15)20/h1-14H. The highest BCUT2D eigenvalue weighted by atomic mass is 32.2. The smallest absolute Gasteiger partial charge is 0.396 e. The molecule has 0 fully saturated rings. The van der Waals surface area contributed by atoms with E-state index in [4.69, 9.17) is 4.42 Å². The molecule has 5 rings (SSSR count). The van der Waals surface area contributed by atoms with Gasteiger partial charge in [0, 0.05) is 17.1 Å². The maximum absolute atomic E-state index is 13.9. The summed E-state index contributed by atoms with van der Waals surface area (Å²) in [5, 5.41) is 0.629. The number of benzene rings is 3. The van der Waals surface area contributed by atoms with E-state index in [0.717, 1.165) is 15.6 Å². The van der Waals surface area contributed by atoms with Crippen LogP contribution in [0.3, 0.4) is 0 Å². The number of fused-ring (bicyclic) bond motifs is 2. The Morgan fingerprint density at radius 2 is 1.72 bits per heavy atom. The highest BCUT2D eigenvalue weighted by molar-refractivity contribution is 7.93. The lowest BCUT2D eigenvalue weighted by Crippen LogP contribution is -2.37. The number of carbonyl (C=O) groups is 1. The molecule has 0 aliphatic rings. The van der Waals surface area contributed by atoms with Crippen molar-refractivity contribution >= 4 is 54.1 Å². The number of rotatable bonds is 4. The van der Waals surface area contributed by atoms with Gasteiger partial charge in [0.05, 0.1) is 15.9 Å². The molecule has 0 saturated carbocycles. The second kappa shape index (κ2) is 7.70. The number of sulfonamides is 1. The zero-order chi connectivity index (χ0) is 22.3. The van der Waals surface area contributed by atoms with Gasteiger partial charge in [0.15, 0.2) is 0 Å². The number of hydrogen-bond acceptors (Lipinski definition) is 7. The molecule has 0 radical (unpaired) electrons. The number of carbonyl (C=O) groups excluding carboxylic acids is 1. The van der Waals surface area contributed by atoms with Crippen LogP contribution in [0.2, 0.25) is 0 Å². The van der Waals surface area contributed by atoms with Crippen LogP contribution >= 0.6 is 11.3 Å². The first-order valence-corrected chi connectivity index (χ1v) is 11.7. The van der Waals surface area contributed by atoms with Crippen molar-refractivity contribution in [1.29, 1.82) is 0 Å². The summed E-state index contributed by atoms with van der Waals surface area (Å²) < 4.78 is 34.0. The van der Waals surface area contributed by atoms with E-state index in [1.807, 2.05) is 0 Å². The molecule has 2 heterocycles. The normalized spacial score (nSPS) is 11.6. The van der Waals surface area contributed by atoms with Gasteiger partial charge in [0.1, 0.15) is 10.5 Å². The van der Waals surface area contributed by atoms with E-state index < -0.39 is 20.9 Å². The number of anilines is 1. The second-order valence-corrected chi connectivity index (χ2v) is 9.59. The Kier molecular flexibility index (Phi) is 4.84. The maximum atomic E-state index is 13.9. The second-order valence-electron chi connectivity index (χ2n) is 6.86. The lowest BCUT2D eigenvalue weighted by molar-refractivity contribution is 0.101. The first-order valence-electron chi connectivity index (χ1n) is 9.47. The minimum Gasteiger partial charge on any atom is -0.414 e. The maximum Gasteiger partial charge on any atom is 0.396 e. The highest BCUT2D eigenvalue weighted by Crippen LogP contribution is 2.32. The number of para-hydroxylation sites is 1. The molecular weight excluding hydrogens is 448 g/mol. The number of aromatic nitrogens is 1. The third kappa shape index (κ3) is 3.37. The summed E-state index contributed by atoms with van der Waals surface area (Å²) in [5.41, 5.74) is 0.871. The van der Waals surface area contributed by atoms with Crippen molar-refractivity contribution in [1.82, 2.24) is 4.98 Å². The monoisotopic (exact) mass is 462 g/mol. The van der Waals surface area contributed by atoms with Crippen LogP contribution in [0.15, 0.2) is 99.2 Å². The van der Waals surface area contributed by atoms with Crippen LogP contribution in [0, 0.1) is 0 Å². The summed E-state index contributed by atoms with van der Waals surface area (Å²) >= 11 is 0.833. The molecule has 158 valence electrons. The van der Waals surface area contributed by atoms with Gasteiger partial charge in [0.2, 0.25) is 0 Å². The van der Waals surface area contributed by atoms with Crippen molar-refractivity contribution in [2.75, 3.05) is 4.31 Å². The molecule has 0 aliphatic heterocycles. The molecule has 0 unspecified atom stereocenters. The Hall–Kier alpha value is -3.82. The van der Waals surface area contributed by atoms with Crippen molar-refractivity contribution in [2.24, 2.45) is 0 Å². The Morgan fingerprint density at radius 1 is 0.938 bits per heavy atom. The Morgan fingerprint density at radius 3 is 2.53 bits per heavy atom. The van der Waals surface area contributed by atoms with Crippen molar-refractivity contribution in [2.45, 2.75) is 4.90 Å².